The first-order chi connectivity index (χ1) is 13.7. The van der Waals surface area contributed by atoms with Crippen LogP contribution in [-0.4, -0.2) is 12.5 Å². The predicted molar refractivity (Wildman–Crippen MR) is 114 cm³/mol. The summed E-state index contributed by atoms with van der Waals surface area (Å²) in [5.41, 5.74) is 2.60. The van der Waals surface area contributed by atoms with Gasteiger partial charge in [0, 0.05) is 11.6 Å². The van der Waals surface area contributed by atoms with E-state index in [2.05, 4.69) is 10.6 Å². The molecule has 0 aliphatic heterocycles. The van der Waals surface area contributed by atoms with Crippen molar-refractivity contribution in [2.75, 3.05) is 11.9 Å². The Labute approximate surface area is 170 Å². The van der Waals surface area contributed by atoms with E-state index in [1.807, 2.05) is 85.8 Å². The van der Waals surface area contributed by atoms with Crippen LogP contribution in [0, 0.1) is 0 Å². The second-order valence-corrected chi connectivity index (χ2v) is 6.71. The number of carbonyl (C=O) groups is 1. The maximum Gasteiger partial charge on any atom is 0.246 e. The minimum Gasteiger partial charge on any atom is -0.492 e. The molecule has 2 N–H and O–H groups in total. The van der Waals surface area contributed by atoms with Gasteiger partial charge in [-0.1, -0.05) is 66.2 Å². The summed E-state index contributed by atoms with van der Waals surface area (Å²) in [6.45, 7) is 2.99. The maximum atomic E-state index is 13.1. The van der Waals surface area contributed by atoms with Crippen LogP contribution in [0.5, 0.6) is 5.75 Å². The number of benzene rings is 3. The predicted octanol–water partition coefficient (Wildman–Crippen LogP) is 5.21. The van der Waals surface area contributed by atoms with Gasteiger partial charge in [0.2, 0.25) is 5.91 Å². The Morgan fingerprint density at radius 1 is 0.964 bits per heavy atom. The zero-order chi connectivity index (χ0) is 19.8. The van der Waals surface area contributed by atoms with Gasteiger partial charge in [0.1, 0.15) is 11.8 Å². The van der Waals surface area contributed by atoms with Gasteiger partial charge >= 0.3 is 0 Å². The molecular weight excluding hydrogens is 372 g/mol. The number of nitrogens with one attached hydrogen (secondary N) is 2. The SMILES string of the molecule is CCOc1ccccc1NC(=O)[C@@H](NCc1ccc(Cl)cc1)c1ccccc1. The molecule has 0 fully saturated rings. The van der Waals surface area contributed by atoms with E-state index in [0.29, 0.717) is 29.6 Å². The lowest BCUT2D eigenvalue weighted by Gasteiger charge is -2.20. The molecule has 0 spiro atoms. The molecule has 0 aromatic heterocycles. The summed E-state index contributed by atoms with van der Waals surface area (Å²) in [7, 11) is 0. The molecule has 0 aliphatic carbocycles. The van der Waals surface area contributed by atoms with Gasteiger partial charge in [0.15, 0.2) is 0 Å². The summed E-state index contributed by atoms with van der Waals surface area (Å²) < 4.78 is 5.62. The van der Waals surface area contributed by atoms with Crippen molar-refractivity contribution in [1.82, 2.24) is 5.32 Å². The monoisotopic (exact) mass is 394 g/mol. The van der Waals surface area contributed by atoms with E-state index in [-0.39, 0.29) is 5.91 Å². The van der Waals surface area contributed by atoms with Gasteiger partial charge in [0.05, 0.1) is 12.3 Å². The van der Waals surface area contributed by atoms with E-state index in [4.69, 9.17) is 16.3 Å². The molecular formula is C23H23ClN2O2. The lowest BCUT2D eigenvalue weighted by molar-refractivity contribution is -0.118. The van der Waals surface area contributed by atoms with Crippen LogP contribution in [0.3, 0.4) is 0 Å². The van der Waals surface area contributed by atoms with Gasteiger partial charge in [-0.15, -0.1) is 0 Å². The zero-order valence-corrected chi connectivity index (χ0v) is 16.4. The Balaban J connectivity index is 1.78. The Morgan fingerprint density at radius 3 is 2.36 bits per heavy atom. The molecule has 144 valence electrons. The minimum atomic E-state index is -0.508. The number of hydrogen-bond donors (Lipinski definition) is 2. The molecule has 28 heavy (non-hydrogen) atoms. The third kappa shape index (κ3) is 5.35. The van der Waals surface area contributed by atoms with Gasteiger partial charge in [0.25, 0.3) is 0 Å². The largest absolute Gasteiger partial charge is 0.492 e. The second kappa shape index (κ2) is 9.93. The molecule has 0 saturated heterocycles. The highest BCUT2D eigenvalue weighted by Crippen LogP contribution is 2.25. The second-order valence-electron chi connectivity index (χ2n) is 6.27. The number of amides is 1. The van der Waals surface area contributed by atoms with Crippen LogP contribution in [0.1, 0.15) is 24.1 Å². The Morgan fingerprint density at radius 2 is 1.64 bits per heavy atom. The van der Waals surface area contributed by atoms with Crippen LogP contribution >= 0.6 is 11.6 Å². The lowest BCUT2D eigenvalue weighted by Crippen LogP contribution is -2.32. The van der Waals surface area contributed by atoms with Crippen LogP contribution in [0.2, 0.25) is 5.02 Å². The van der Waals surface area contributed by atoms with Gasteiger partial charge < -0.3 is 10.1 Å². The number of hydrogen-bond acceptors (Lipinski definition) is 3. The minimum absolute atomic E-state index is 0.146. The summed E-state index contributed by atoms with van der Waals surface area (Å²) in [4.78, 5) is 13.1. The van der Waals surface area contributed by atoms with Crippen LogP contribution in [0.25, 0.3) is 0 Å². The average molecular weight is 395 g/mol. The molecule has 3 aromatic carbocycles. The Bertz CT molecular complexity index is 898. The molecule has 5 heteroatoms. The number of halogens is 1. The molecule has 1 atom stereocenters. The van der Waals surface area contributed by atoms with E-state index in [0.717, 1.165) is 11.1 Å². The van der Waals surface area contributed by atoms with Crippen LogP contribution < -0.4 is 15.4 Å². The normalized spacial score (nSPS) is 11.6. The first kappa shape index (κ1) is 19.9. The fourth-order valence-corrected chi connectivity index (χ4v) is 3.01. The van der Waals surface area contributed by atoms with Crippen molar-refractivity contribution in [2.45, 2.75) is 19.5 Å². The smallest absolute Gasteiger partial charge is 0.246 e. The summed E-state index contributed by atoms with van der Waals surface area (Å²) in [6, 6.07) is 24.2. The highest BCUT2D eigenvalue weighted by molar-refractivity contribution is 6.30. The van der Waals surface area contributed by atoms with Gasteiger partial charge in [-0.3, -0.25) is 10.1 Å². The van der Waals surface area contributed by atoms with Crippen molar-refractivity contribution >= 4 is 23.2 Å². The third-order valence-corrected chi connectivity index (χ3v) is 4.52. The highest BCUT2D eigenvalue weighted by atomic mass is 35.5. The van der Waals surface area contributed by atoms with Gasteiger partial charge in [-0.2, -0.15) is 0 Å². The van der Waals surface area contributed by atoms with E-state index in [9.17, 15) is 4.79 Å². The molecule has 0 aliphatic rings. The maximum absolute atomic E-state index is 13.1. The Hall–Kier alpha value is -2.82. The number of rotatable bonds is 8. The van der Waals surface area contributed by atoms with Gasteiger partial charge in [-0.05, 0) is 42.3 Å². The summed E-state index contributed by atoms with van der Waals surface area (Å²) in [5.74, 6) is 0.509. The third-order valence-electron chi connectivity index (χ3n) is 4.26. The molecule has 0 saturated carbocycles. The zero-order valence-electron chi connectivity index (χ0n) is 15.7. The first-order valence-electron chi connectivity index (χ1n) is 9.23. The van der Waals surface area contributed by atoms with E-state index >= 15 is 0 Å². The molecule has 0 unspecified atom stereocenters. The Kier molecular flexibility index (Phi) is 7.06. The molecule has 0 radical (unpaired) electrons. The topological polar surface area (TPSA) is 50.4 Å². The quantitative estimate of drug-likeness (QED) is 0.551. The number of ether oxygens (including phenoxy) is 1. The molecule has 0 heterocycles. The number of anilines is 1. The van der Waals surface area contributed by atoms with Crippen molar-refractivity contribution in [3.8, 4) is 5.75 Å². The lowest BCUT2D eigenvalue weighted by atomic mass is 10.1. The van der Waals surface area contributed by atoms with E-state index < -0.39 is 6.04 Å². The molecule has 1 amide bonds. The van der Waals surface area contributed by atoms with Gasteiger partial charge in [-0.25, -0.2) is 0 Å². The molecule has 3 aromatic rings. The molecule has 4 nitrogen and oxygen atoms in total. The average Bonchev–Trinajstić information content (AvgIpc) is 2.72. The summed E-state index contributed by atoms with van der Waals surface area (Å²) in [5, 5.41) is 7.03. The standard InChI is InChI=1S/C23H23ClN2O2/c1-2-28-21-11-7-6-10-20(21)26-23(27)22(18-8-4-3-5-9-18)25-16-17-12-14-19(24)15-13-17/h3-15,22,25H,2,16H2,1H3,(H,26,27)/t22-/m0/s1. The molecule has 0 bridgehead atoms. The van der Waals surface area contributed by atoms with Crippen LogP contribution in [0.4, 0.5) is 5.69 Å². The van der Waals surface area contributed by atoms with Crippen LogP contribution in [-0.2, 0) is 11.3 Å². The fraction of sp³-hybridized carbons (Fsp3) is 0.174. The first-order valence-corrected chi connectivity index (χ1v) is 9.60. The van der Waals surface area contributed by atoms with Crippen molar-refractivity contribution < 1.29 is 9.53 Å². The van der Waals surface area contributed by atoms with Crippen LogP contribution in [0.15, 0.2) is 78.9 Å². The summed E-state index contributed by atoms with van der Waals surface area (Å²) >= 11 is 5.96. The fourth-order valence-electron chi connectivity index (χ4n) is 2.89. The van der Waals surface area contributed by atoms with Crippen molar-refractivity contribution in [3.63, 3.8) is 0 Å². The number of carbonyl (C=O) groups excluding carboxylic acids is 1. The summed E-state index contributed by atoms with van der Waals surface area (Å²) in [6.07, 6.45) is 0. The number of para-hydroxylation sites is 2. The van der Waals surface area contributed by atoms with Crippen molar-refractivity contribution in [1.29, 1.82) is 0 Å². The molecule has 3 rings (SSSR count). The highest BCUT2D eigenvalue weighted by Gasteiger charge is 2.21. The van der Waals surface area contributed by atoms with Crippen molar-refractivity contribution in [3.05, 3.63) is 95.0 Å². The van der Waals surface area contributed by atoms with E-state index in [1.54, 1.807) is 0 Å². The van der Waals surface area contributed by atoms with E-state index in [1.165, 1.54) is 0 Å². The van der Waals surface area contributed by atoms with Crippen molar-refractivity contribution in [2.24, 2.45) is 0 Å².